The predicted octanol–water partition coefficient (Wildman–Crippen LogP) is 4.54. The molecule has 0 aliphatic carbocycles. The van der Waals surface area contributed by atoms with Crippen molar-refractivity contribution in [3.63, 3.8) is 0 Å². The van der Waals surface area contributed by atoms with Crippen molar-refractivity contribution in [1.29, 1.82) is 0 Å². The summed E-state index contributed by atoms with van der Waals surface area (Å²) in [6.07, 6.45) is 1.12. The Morgan fingerprint density at radius 1 is 1.06 bits per heavy atom. The SMILES string of the molecule is CC(CNC(C)(C)C)C(C)Cc1ccc(Cl)cc1. The first-order chi connectivity index (χ1) is 8.28. The fourth-order valence-electron chi connectivity index (χ4n) is 1.86. The van der Waals surface area contributed by atoms with Gasteiger partial charge in [0.2, 0.25) is 0 Å². The Morgan fingerprint density at radius 2 is 1.61 bits per heavy atom. The molecule has 2 heteroatoms. The number of nitrogens with one attached hydrogen (secondary N) is 1. The van der Waals surface area contributed by atoms with Crippen molar-refractivity contribution < 1.29 is 0 Å². The highest BCUT2D eigenvalue weighted by molar-refractivity contribution is 6.30. The Bertz CT molecular complexity index is 350. The van der Waals surface area contributed by atoms with E-state index in [1.165, 1.54) is 5.56 Å². The van der Waals surface area contributed by atoms with Gasteiger partial charge in [-0.3, -0.25) is 0 Å². The zero-order chi connectivity index (χ0) is 13.8. The van der Waals surface area contributed by atoms with E-state index in [1.54, 1.807) is 0 Å². The van der Waals surface area contributed by atoms with Crippen molar-refractivity contribution >= 4 is 11.6 Å². The highest BCUT2D eigenvalue weighted by atomic mass is 35.5. The van der Waals surface area contributed by atoms with E-state index in [0.717, 1.165) is 18.0 Å². The summed E-state index contributed by atoms with van der Waals surface area (Å²) in [5.41, 5.74) is 1.57. The summed E-state index contributed by atoms with van der Waals surface area (Å²) in [5, 5.41) is 4.39. The van der Waals surface area contributed by atoms with Crippen molar-refractivity contribution in [2.24, 2.45) is 11.8 Å². The van der Waals surface area contributed by atoms with Crippen molar-refractivity contribution in [2.75, 3.05) is 6.54 Å². The molecule has 0 spiro atoms. The summed E-state index contributed by atoms with van der Waals surface area (Å²) in [4.78, 5) is 0. The van der Waals surface area contributed by atoms with Crippen LogP contribution in [0.4, 0.5) is 0 Å². The van der Waals surface area contributed by atoms with Crippen LogP contribution in [0.1, 0.15) is 40.2 Å². The van der Waals surface area contributed by atoms with Gasteiger partial charge < -0.3 is 5.32 Å². The summed E-state index contributed by atoms with van der Waals surface area (Å²) in [6, 6.07) is 8.20. The topological polar surface area (TPSA) is 12.0 Å². The van der Waals surface area contributed by atoms with E-state index >= 15 is 0 Å². The molecule has 0 aliphatic heterocycles. The lowest BCUT2D eigenvalue weighted by molar-refractivity contribution is 0.317. The second kappa shape index (κ2) is 6.58. The van der Waals surface area contributed by atoms with E-state index in [9.17, 15) is 0 Å². The lowest BCUT2D eigenvalue weighted by Crippen LogP contribution is -2.40. The zero-order valence-electron chi connectivity index (χ0n) is 12.3. The maximum atomic E-state index is 5.90. The molecule has 1 aromatic rings. The maximum absolute atomic E-state index is 5.90. The van der Waals surface area contributed by atoms with E-state index in [0.29, 0.717) is 11.8 Å². The van der Waals surface area contributed by atoms with Gasteiger partial charge in [-0.25, -0.2) is 0 Å². The number of hydrogen-bond donors (Lipinski definition) is 1. The maximum Gasteiger partial charge on any atom is 0.0406 e. The molecule has 1 aromatic carbocycles. The molecule has 0 aromatic heterocycles. The van der Waals surface area contributed by atoms with Crippen LogP contribution in [0.25, 0.3) is 0 Å². The molecule has 0 bridgehead atoms. The number of benzene rings is 1. The molecule has 0 aliphatic rings. The van der Waals surface area contributed by atoms with Crippen LogP contribution in [-0.2, 0) is 6.42 Å². The van der Waals surface area contributed by atoms with Crippen molar-refractivity contribution in [1.82, 2.24) is 5.32 Å². The van der Waals surface area contributed by atoms with Gasteiger partial charge in [-0.2, -0.15) is 0 Å². The van der Waals surface area contributed by atoms with Gasteiger partial charge in [0, 0.05) is 10.6 Å². The second-order valence-electron chi connectivity index (χ2n) is 6.42. The molecule has 0 saturated carbocycles. The first-order valence-corrected chi connectivity index (χ1v) is 7.15. The fourth-order valence-corrected chi connectivity index (χ4v) is 1.99. The molecule has 102 valence electrons. The molecular formula is C16H26ClN. The van der Waals surface area contributed by atoms with Crippen LogP contribution in [-0.4, -0.2) is 12.1 Å². The molecule has 1 rings (SSSR count). The molecule has 0 fully saturated rings. The molecule has 0 amide bonds. The van der Waals surface area contributed by atoms with Crippen molar-refractivity contribution in [3.05, 3.63) is 34.9 Å². The van der Waals surface area contributed by atoms with Crippen molar-refractivity contribution in [2.45, 2.75) is 46.6 Å². The summed E-state index contributed by atoms with van der Waals surface area (Å²) in [7, 11) is 0. The summed E-state index contributed by atoms with van der Waals surface area (Å²) >= 11 is 5.90. The van der Waals surface area contributed by atoms with E-state index in [2.05, 4.69) is 52.1 Å². The standard InChI is InChI=1S/C16H26ClN/c1-12(13(2)11-18-16(3,4)5)10-14-6-8-15(17)9-7-14/h6-9,12-13,18H,10-11H2,1-5H3. The number of hydrogen-bond acceptors (Lipinski definition) is 1. The normalized spacial score (nSPS) is 15.4. The van der Waals surface area contributed by atoms with E-state index in [1.807, 2.05) is 12.1 Å². The van der Waals surface area contributed by atoms with Crippen LogP contribution in [0.15, 0.2) is 24.3 Å². The van der Waals surface area contributed by atoms with Crippen LogP contribution in [0.5, 0.6) is 0 Å². The Morgan fingerprint density at radius 3 is 2.11 bits per heavy atom. The quantitative estimate of drug-likeness (QED) is 0.826. The molecule has 1 nitrogen and oxygen atoms in total. The first kappa shape index (κ1) is 15.5. The first-order valence-electron chi connectivity index (χ1n) is 6.77. The monoisotopic (exact) mass is 267 g/mol. The minimum Gasteiger partial charge on any atom is -0.312 e. The van der Waals surface area contributed by atoms with Gasteiger partial charge >= 0.3 is 0 Å². The average Bonchev–Trinajstić information content (AvgIpc) is 2.28. The summed E-state index contributed by atoms with van der Waals surface area (Å²) in [6.45, 7) is 12.3. The lowest BCUT2D eigenvalue weighted by atomic mass is 9.89. The van der Waals surface area contributed by atoms with Crippen LogP contribution in [0, 0.1) is 11.8 Å². The molecule has 0 radical (unpaired) electrons. The summed E-state index contributed by atoms with van der Waals surface area (Å²) < 4.78 is 0. The highest BCUT2D eigenvalue weighted by Gasteiger charge is 2.16. The molecule has 0 heterocycles. The fraction of sp³-hybridized carbons (Fsp3) is 0.625. The number of rotatable bonds is 5. The second-order valence-corrected chi connectivity index (χ2v) is 6.85. The smallest absolute Gasteiger partial charge is 0.0406 e. The predicted molar refractivity (Wildman–Crippen MR) is 81.2 cm³/mol. The van der Waals surface area contributed by atoms with Gasteiger partial charge in [0.25, 0.3) is 0 Å². The number of halogens is 1. The lowest BCUT2D eigenvalue weighted by Gasteiger charge is -2.26. The van der Waals surface area contributed by atoms with E-state index in [-0.39, 0.29) is 5.54 Å². The molecule has 2 atom stereocenters. The van der Waals surface area contributed by atoms with Gasteiger partial charge in [-0.1, -0.05) is 37.6 Å². The molecule has 0 saturated heterocycles. The van der Waals surface area contributed by atoms with Crippen LogP contribution < -0.4 is 5.32 Å². The van der Waals surface area contributed by atoms with Crippen LogP contribution in [0.2, 0.25) is 5.02 Å². The third-order valence-electron chi connectivity index (χ3n) is 3.40. The zero-order valence-corrected chi connectivity index (χ0v) is 13.0. The minimum absolute atomic E-state index is 0.203. The van der Waals surface area contributed by atoms with E-state index in [4.69, 9.17) is 11.6 Å². The van der Waals surface area contributed by atoms with Gasteiger partial charge in [0.15, 0.2) is 0 Å². The highest BCUT2D eigenvalue weighted by Crippen LogP contribution is 2.19. The molecule has 1 N–H and O–H groups in total. The Labute approximate surface area is 117 Å². The van der Waals surface area contributed by atoms with E-state index < -0.39 is 0 Å². The van der Waals surface area contributed by atoms with Gasteiger partial charge in [0.05, 0.1) is 0 Å². The Hall–Kier alpha value is -0.530. The molecule has 2 unspecified atom stereocenters. The van der Waals surface area contributed by atoms with Crippen molar-refractivity contribution in [3.8, 4) is 0 Å². The minimum atomic E-state index is 0.203. The van der Waals surface area contributed by atoms with Crippen LogP contribution in [0.3, 0.4) is 0 Å². The third kappa shape index (κ3) is 5.88. The molecule has 18 heavy (non-hydrogen) atoms. The summed E-state index contributed by atoms with van der Waals surface area (Å²) in [5.74, 6) is 1.33. The largest absolute Gasteiger partial charge is 0.312 e. The molecular weight excluding hydrogens is 242 g/mol. The average molecular weight is 268 g/mol. The van der Waals surface area contributed by atoms with Gasteiger partial charge in [-0.05, 0) is 63.3 Å². The van der Waals surface area contributed by atoms with Gasteiger partial charge in [0.1, 0.15) is 0 Å². The third-order valence-corrected chi connectivity index (χ3v) is 3.65. The van der Waals surface area contributed by atoms with Crippen LogP contribution >= 0.6 is 11.6 Å². The Kier molecular flexibility index (Phi) is 5.68. The van der Waals surface area contributed by atoms with Gasteiger partial charge in [-0.15, -0.1) is 0 Å². The Balaban J connectivity index is 2.44.